The van der Waals surface area contributed by atoms with E-state index in [2.05, 4.69) is 0 Å². The van der Waals surface area contributed by atoms with E-state index < -0.39 is 0 Å². The Labute approximate surface area is 73.2 Å². The summed E-state index contributed by atoms with van der Waals surface area (Å²) in [5, 5.41) is 9.92. The molecule has 5 rings (SSSR count). The molecule has 0 aliphatic heterocycles. The molecule has 0 radical (unpaired) electrons. The van der Waals surface area contributed by atoms with E-state index in [-0.39, 0.29) is 6.10 Å². The first-order valence-corrected chi connectivity index (χ1v) is 5.52. The number of hydrogen-bond donors (Lipinski definition) is 1. The summed E-state index contributed by atoms with van der Waals surface area (Å²) in [5.74, 6) is 5.69. The van der Waals surface area contributed by atoms with Gasteiger partial charge in [-0.1, -0.05) is 0 Å². The maximum atomic E-state index is 9.92. The van der Waals surface area contributed by atoms with Crippen LogP contribution in [0.2, 0.25) is 0 Å². The third-order valence-corrected chi connectivity index (χ3v) is 5.41. The molecule has 0 heterocycles. The van der Waals surface area contributed by atoms with Crippen LogP contribution in [0.25, 0.3) is 0 Å². The number of hydrogen-bond acceptors (Lipinski definition) is 1. The van der Waals surface area contributed by atoms with Crippen molar-refractivity contribution in [3.8, 4) is 0 Å². The van der Waals surface area contributed by atoms with Crippen LogP contribution in [0.3, 0.4) is 0 Å². The highest BCUT2D eigenvalue weighted by Crippen LogP contribution is 2.69. The molecular weight excluding hydrogens is 148 g/mol. The van der Waals surface area contributed by atoms with Crippen molar-refractivity contribution in [2.45, 2.75) is 31.8 Å². The summed E-state index contributed by atoms with van der Waals surface area (Å²) >= 11 is 0. The Morgan fingerprint density at radius 3 is 2.25 bits per heavy atom. The molecule has 0 aromatic heterocycles. The van der Waals surface area contributed by atoms with E-state index in [0.717, 1.165) is 41.9 Å². The zero-order chi connectivity index (χ0) is 7.87. The van der Waals surface area contributed by atoms with E-state index in [1.807, 2.05) is 0 Å². The van der Waals surface area contributed by atoms with Crippen molar-refractivity contribution in [2.75, 3.05) is 0 Å². The minimum absolute atomic E-state index is 0.0975. The molecule has 0 amide bonds. The normalized spacial score (nSPS) is 71.2. The van der Waals surface area contributed by atoms with Crippen LogP contribution in [0.4, 0.5) is 0 Å². The molecule has 5 saturated carbocycles. The van der Waals surface area contributed by atoms with Crippen molar-refractivity contribution in [2.24, 2.45) is 35.5 Å². The fourth-order valence-corrected chi connectivity index (χ4v) is 5.37. The Kier molecular flexibility index (Phi) is 0.934. The summed E-state index contributed by atoms with van der Waals surface area (Å²) in [6, 6.07) is 0. The first kappa shape index (κ1) is 6.42. The predicted octanol–water partition coefficient (Wildman–Crippen LogP) is 1.66. The maximum absolute atomic E-state index is 9.92. The van der Waals surface area contributed by atoms with E-state index >= 15 is 0 Å². The lowest BCUT2D eigenvalue weighted by Crippen LogP contribution is -2.26. The summed E-state index contributed by atoms with van der Waals surface area (Å²) in [4.78, 5) is 0. The summed E-state index contributed by atoms with van der Waals surface area (Å²) in [6.45, 7) is 0. The van der Waals surface area contributed by atoms with Crippen LogP contribution in [0, 0.1) is 35.5 Å². The van der Waals surface area contributed by atoms with Crippen LogP contribution in [-0.2, 0) is 0 Å². The number of rotatable bonds is 0. The molecule has 66 valence electrons. The van der Waals surface area contributed by atoms with Gasteiger partial charge in [-0.15, -0.1) is 0 Å². The second kappa shape index (κ2) is 1.75. The maximum Gasteiger partial charge on any atom is 0.0576 e. The lowest BCUT2D eigenvalue weighted by atomic mass is 9.75. The average molecular weight is 164 g/mol. The monoisotopic (exact) mass is 164 g/mol. The quantitative estimate of drug-likeness (QED) is 0.577. The van der Waals surface area contributed by atoms with Crippen molar-refractivity contribution in [3.05, 3.63) is 0 Å². The van der Waals surface area contributed by atoms with E-state index in [1.54, 1.807) is 0 Å². The molecule has 12 heavy (non-hydrogen) atoms. The highest BCUT2D eigenvalue weighted by Gasteiger charge is 2.64. The largest absolute Gasteiger partial charge is 0.393 e. The van der Waals surface area contributed by atoms with Crippen LogP contribution in [-0.4, -0.2) is 11.2 Å². The molecular formula is C11H16O. The molecule has 5 aliphatic rings. The Balaban J connectivity index is 1.87. The SMILES string of the molecule is OC1CC2C3CC4CC(C3)C2C14. The molecule has 0 aromatic rings. The Morgan fingerprint density at radius 1 is 0.750 bits per heavy atom. The third kappa shape index (κ3) is 0.501. The van der Waals surface area contributed by atoms with Gasteiger partial charge in [0.1, 0.15) is 0 Å². The van der Waals surface area contributed by atoms with Crippen LogP contribution in [0.5, 0.6) is 0 Å². The molecule has 1 N–H and O–H groups in total. The smallest absolute Gasteiger partial charge is 0.0576 e. The van der Waals surface area contributed by atoms with Crippen LogP contribution >= 0.6 is 0 Å². The third-order valence-electron chi connectivity index (χ3n) is 5.41. The van der Waals surface area contributed by atoms with E-state index in [0.29, 0.717) is 0 Å². The summed E-state index contributed by atoms with van der Waals surface area (Å²) < 4.78 is 0. The van der Waals surface area contributed by atoms with Gasteiger partial charge in [-0.25, -0.2) is 0 Å². The van der Waals surface area contributed by atoms with Gasteiger partial charge in [0.2, 0.25) is 0 Å². The van der Waals surface area contributed by atoms with Gasteiger partial charge in [-0.2, -0.15) is 0 Å². The van der Waals surface area contributed by atoms with Crippen molar-refractivity contribution >= 4 is 0 Å². The van der Waals surface area contributed by atoms with Gasteiger partial charge in [0.15, 0.2) is 0 Å². The topological polar surface area (TPSA) is 20.2 Å². The molecule has 0 saturated heterocycles. The molecule has 0 spiro atoms. The van der Waals surface area contributed by atoms with Crippen molar-refractivity contribution < 1.29 is 5.11 Å². The van der Waals surface area contributed by atoms with Gasteiger partial charge in [0.25, 0.3) is 0 Å². The minimum Gasteiger partial charge on any atom is -0.393 e. The molecule has 0 aromatic carbocycles. The highest BCUT2D eigenvalue weighted by atomic mass is 16.3. The van der Waals surface area contributed by atoms with Gasteiger partial charge in [0, 0.05) is 0 Å². The molecule has 7 atom stereocenters. The van der Waals surface area contributed by atoms with Crippen molar-refractivity contribution in [3.63, 3.8) is 0 Å². The van der Waals surface area contributed by atoms with Gasteiger partial charge in [-0.05, 0) is 61.2 Å². The number of aliphatic hydroxyl groups excluding tert-OH is 1. The summed E-state index contributed by atoms with van der Waals surface area (Å²) in [5.41, 5.74) is 0. The standard InChI is InChI=1S/C11H16O/c12-9-4-8-5-1-6-3-7(2-5)11(9)10(6)8/h5-12H,1-4H2. The first-order chi connectivity index (χ1) is 5.84. The van der Waals surface area contributed by atoms with Gasteiger partial charge < -0.3 is 5.11 Å². The zero-order valence-corrected chi connectivity index (χ0v) is 7.32. The second-order valence-electron chi connectivity index (χ2n) is 5.61. The van der Waals surface area contributed by atoms with Crippen molar-refractivity contribution in [1.29, 1.82) is 0 Å². The van der Waals surface area contributed by atoms with Crippen molar-refractivity contribution in [1.82, 2.24) is 0 Å². The van der Waals surface area contributed by atoms with Crippen LogP contribution < -0.4 is 0 Å². The lowest BCUT2D eigenvalue weighted by molar-refractivity contribution is 0.0920. The number of aliphatic hydroxyl groups is 1. The molecule has 5 aliphatic carbocycles. The zero-order valence-electron chi connectivity index (χ0n) is 7.32. The average Bonchev–Trinajstić information content (AvgIpc) is 2.56. The van der Waals surface area contributed by atoms with Gasteiger partial charge in [-0.3, -0.25) is 0 Å². The Bertz CT molecular complexity index is 237. The van der Waals surface area contributed by atoms with E-state index in [4.69, 9.17) is 0 Å². The van der Waals surface area contributed by atoms with Gasteiger partial charge in [0.05, 0.1) is 6.10 Å². The second-order valence-corrected chi connectivity index (χ2v) is 5.61. The Morgan fingerprint density at radius 2 is 1.42 bits per heavy atom. The lowest BCUT2D eigenvalue weighted by Gasteiger charge is -2.30. The summed E-state index contributed by atoms with van der Waals surface area (Å²) in [6.07, 6.45) is 5.72. The van der Waals surface area contributed by atoms with E-state index in [9.17, 15) is 5.11 Å². The highest BCUT2D eigenvalue weighted by molar-refractivity contribution is 5.13. The van der Waals surface area contributed by atoms with Crippen LogP contribution in [0.1, 0.15) is 25.7 Å². The van der Waals surface area contributed by atoms with E-state index in [1.165, 1.54) is 19.3 Å². The van der Waals surface area contributed by atoms with Gasteiger partial charge >= 0.3 is 0 Å². The fourth-order valence-electron chi connectivity index (χ4n) is 5.37. The first-order valence-electron chi connectivity index (χ1n) is 5.52. The summed E-state index contributed by atoms with van der Waals surface area (Å²) in [7, 11) is 0. The molecule has 6 bridgehead atoms. The fraction of sp³-hybridized carbons (Fsp3) is 1.00. The molecule has 5 fully saturated rings. The minimum atomic E-state index is 0.0975. The molecule has 7 unspecified atom stereocenters. The Hall–Kier alpha value is -0.0400. The molecule has 1 heteroatoms. The van der Waals surface area contributed by atoms with Crippen LogP contribution in [0.15, 0.2) is 0 Å². The predicted molar refractivity (Wildman–Crippen MR) is 45.4 cm³/mol. The molecule has 1 nitrogen and oxygen atoms in total.